The predicted molar refractivity (Wildman–Crippen MR) is 71.8 cm³/mol. The molecule has 0 spiro atoms. The molecule has 0 aromatic heterocycles. The average Bonchev–Trinajstić information content (AvgIpc) is 2.35. The summed E-state index contributed by atoms with van der Waals surface area (Å²) in [5.74, 6) is 0. The Hall–Kier alpha value is -1.35. The maximum absolute atomic E-state index is 5.80. The number of rotatable bonds is 1. The second-order valence-corrected chi connectivity index (χ2v) is 5.18. The van der Waals surface area contributed by atoms with E-state index in [0.29, 0.717) is 0 Å². The Morgan fingerprint density at radius 2 is 2.00 bits per heavy atom. The third kappa shape index (κ3) is 1.95. The third-order valence-electron chi connectivity index (χ3n) is 2.88. The van der Waals surface area contributed by atoms with E-state index < -0.39 is 0 Å². The molecule has 3 rings (SSSR count). The summed E-state index contributed by atoms with van der Waals surface area (Å²) in [7, 11) is 5.80. The van der Waals surface area contributed by atoms with Gasteiger partial charge in [-0.2, -0.15) is 0 Å². The molecule has 1 radical (unpaired) electrons. The van der Waals surface area contributed by atoms with Crippen molar-refractivity contribution in [2.45, 2.75) is 23.1 Å². The molecule has 0 N–H and O–H groups in total. The molecule has 0 bridgehead atoms. The van der Waals surface area contributed by atoms with Gasteiger partial charge < -0.3 is 0 Å². The van der Waals surface area contributed by atoms with Gasteiger partial charge in [0.15, 0.2) is 0 Å². The van der Waals surface area contributed by atoms with E-state index in [-0.39, 0.29) is 0 Å². The Balaban J connectivity index is 2.21. The first-order chi connectivity index (χ1) is 8.26. The third-order valence-corrected chi connectivity index (χ3v) is 3.97. The molecule has 17 heavy (non-hydrogen) atoms. The number of fused-ring (bicyclic) bond motifs is 2. The summed E-state index contributed by atoms with van der Waals surface area (Å²) in [6, 6.07) is 12.3. The van der Waals surface area contributed by atoms with Crippen LogP contribution in [0.5, 0.6) is 0 Å². The van der Waals surface area contributed by atoms with Crippen molar-refractivity contribution in [2.24, 2.45) is 4.99 Å². The monoisotopic (exact) mass is 236 g/mol. The quantitative estimate of drug-likeness (QED) is 0.591. The van der Waals surface area contributed by atoms with Crippen LogP contribution >= 0.6 is 11.8 Å². The van der Waals surface area contributed by atoms with Crippen molar-refractivity contribution in [1.29, 1.82) is 0 Å². The van der Waals surface area contributed by atoms with Gasteiger partial charge in [-0.05, 0) is 0 Å². The zero-order valence-corrected chi connectivity index (χ0v) is 10.4. The number of benzene rings is 2. The van der Waals surface area contributed by atoms with Crippen LogP contribution in [0.4, 0.5) is 5.69 Å². The van der Waals surface area contributed by atoms with Gasteiger partial charge in [0.25, 0.3) is 0 Å². The van der Waals surface area contributed by atoms with Crippen molar-refractivity contribution in [2.75, 3.05) is 0 Å². The van der Waals surface area contributed by atoms with Crippen LogP contribution in [0.3, 0.4) is 0 Å². The van der Waals surface area contributed by atoms with E-state index in [2.05, 4.69) is 30.1 Å². The topological polar surface area (TPSA) is 12.4 Å². The molecular formula is C14H11BNS. The van der Waals surface area contributed by atoms with Gasteiger partial charge in [-0.1, -0.05) is 0 Å². The van der Waals surface area contributed by atoms with E-state index >= 15 is 0 Å². The molecule has 0 saturated heterocycles. The van der Waals surface area contributed by atoms with Crippen LogP contribution in [-0.4, -0.2) is 7.49 Å². The average molecular weight is 236 g/mol. The fourth-order valence-electron chi connectivity index (χ4n) is 1.91. The SMILES string of the molecule is [B]=c1ccc2c(c1)Sc1cc(CC)ccc1N=2. The molecule has 81 valence electrons. The molecule has 0 unspecified atom stereocenters. The van der Waals surface area contributed by atoms with Gasteiger partial charge >= 0.3 is 105 Å². The van der Waals surface area contributed by atoms with Crippen molar-refractivity contribution in [1.82, 2.24) is 0 Å². The van der Waals surface area contributed by atoms with Gasteiger partial charge in [0.2, 0.25) is 0 Å². The second kappa shape index (κ2) is 4.15. The molecule has 3 heteroatoms. The van der Waals surface area contributed by atoms with Crippen molar-refractivity contribution in [3.05, 3.63) is 52.4 Å². The summed E-state index contributed by atoms with van der Waals surface area (Å²) < 4.78 is 0. The summed E-state index contributed by atoms with van der Waals surface area (Å²) in [5, 5.41) is 1.81. The molecule has 2 aromatic rings. The first kappa shape index (κ1) is 10.8. The maximum atomic E-state index is 5.80. The van der Waals surface area contributed by atoms with E-state index in [0.717, 1.165) is 27.5 Å². The Labute approximate surface area is 106 Å². The minimum atomic E-state index is 0.793. The van der Waals surface area contributed by atoms with Crippen molar-refractivity contribution < 1.29 is 0 Å². The predicted octanol–water partition coefficient (Wildman–Crippen LogP) is 3.08. The van der Waals surface area contributed by atoms with Gasteiger partial charge in [0, 0.05) is 0 Å². The molecule has 2 aromatic carbocycles. The van der Waals surface area contributed by atoms with Crippen LogP contribution in [0.15, 0.2) is 51.2 Å². The van der Waals surface area contributed by atoms with E-state index in [1.807, 2.05) is 18.2 Å². The van der Waals surface area contributed by atoms with Crippen LogP contribution in [0.2, 0.25) is 0 Å². The molecule has 0 saturated carbocycles. The summed E-state index contributed by atoms with van der Waals surface area (Å²) >= 11 is 1.75. The zero-order chi connectivity index (χ0) is 11.8. The first-order valence-electron chi connectivity index (χ1n) is 5.68. The minimum absolute atomic E-state index is 0.793. The number of nitrogens with zero attached hydrogens (tertiary/aromatic N) is 1. The van der Waals surface area contributed by atoms with Crippen LogP contribution in [-0.2, 0) is 6.42 Å². The normalized spacial score (nSPS) is 12.5. The molecule has 0 aliphatic carbocycles. The molecule has 1 heterocycles. The summed E-state index contributed by atoms with van der Waals surface area (Å²) in [6.07, 6.45) is 1.05. The number of hydrogen-bond donors (Lipinski definition) is 0. The Morgan fingerprint density at radius 3 is 2.82 bits per heavy atom. The summed E-state index contributed by atoms with van der Waals surface area (Å²) in [5.41, 5.74) is 2.41. The van der Waals surface area contributed by atoms with Crippen LogP contribution in [0.25, 0.3) is 0 Å². The molecule has 0 amide bonds. The Morgan fingerprint density at radius 1 is 1.12 bits per heavy atom. The van der Waals surface area contributed by atoms with E-state index in [4.69, 9.17) is 7.49 Å². The molecule has 1 aliphatic heterocycles. The molecule has 0 atom stereocenters. The van der Waals surface area contributed by atoms with Crippen molar-refractivity contribution in [3.63, 3.8) is 0 Å². The van der Waals surface area contributed by atoms with E-state index in [9.17, 15) is 0 Å². The van der Waals surface area contributed by atoms with Crippen molar-refractivity contribution in [3.8, 4) is 0 Å². The zero-order valence-electron chi connectivity index (χ0n) is 9.60. The summed E-state index contributed by atoms with van der Waals surface area (Å²) in [4.78, 5) is 7.02. The molecule has 0 fully saturated rings. The van der Waals surface area contributed by atoms with Gasteiger partial charge in [-0.3, -0.25) is 0 Å². The molecule has 1 nitrogen and oxygen atoms in total. The van der Waals surface area contributed by atoms with Crippen LogP contribution in [0, 0.1) is 5.11 Å². The Bertz CT molecular complexity index is 694. The Kier molecular flexibility index (Phi) is 2.63. The summed E-state index contributed by atoms with van der Waals surface area (Å²) in [6.45, 7) is 2.16. The fraction of sp³-hybridized carbons (Fsp3) is 0.143. The molecular weight excluding hydrogens is 225 g/mol. The number of aryl methyl sites for hydroxylation is 1. The van der Waals surface area contributed by atoms with Gasteiger partial charge in [0.05, 0.1) is 0 Å². The molecule has 1 aliphatic rings. The fourth-order valence-corrected chi connectivity index (χ4v) is 2.98. The van der Waals surface area contributed by atoms with Gasteiger partial charge in [-0.25, -0.2) is 0 Å². The van der Waals surface area contributed by atoms with E-state index in [1.54, 1.807) is 11.8 Å². The van der Waals surface area contributed by atoms with E-state index in [1.165, 1.54) is 10.5 Å². The van der Waals surface area contributed by atoms with Crippen molar-refractivity contribution >= 4 is 24.9 Å². The number of hydrogen-bond acceptors (Lipinski definition) is 2. The standard InChI is InChI=1S/C14H11BNS/c1-2-9-3-5-11-13(7-9)17-14-8-10(15)4-6-12(14)16-11/h3-8H,2H2,1H3. The van der Waals surface area contributed by atoms with Gasteiger partial charge in [0.1, 0.15) is 0 Å². The first-order valence-corrected chi connectivity index (χ1v) is 6.50. The van der Waals surface area contributed by atoms with Crippen LogP contribution in [0.1, 0.15) is 12.5 Å². The second-order valence-electron chi connectivity index (χ2n) is 4.10. The van der Waals surface area contributed by atoms with Gasteiger partial charge in [-0.15, -0.1) is 0 Å². The van der Waals surface area contributed by atoms with Crippen LogP contribution < -0.4 is 5.36 Å².